The molecule has 1 aromatic carbocycles. The summed E-state index contributed by atoms with van der Waals surface area (Å²) in [5.41, 5.74) is 0.444. The third kappa shape index (κ3) is 3.16. The molecule has 0 amide bonds. The number of carboxylic acid groups (broad SMARTS) is 1. The topological polar surface area (TPSA) is 105 Å². The number of anilines is 1. The van der Waals surface area contributed by atoms with Crippen molar-refractivity contribution in [3.63, 3.8) is 0 Å². The fourth-order valence-electron chi connectivity index (χ4n) is 1.87. The van der Waals surface area contributed by atoms with E-state index in [0.717, 1.165) is 10.7 Å². The summed E-state index contributed by atoms with van der Waals surface area (Å²) in [6.45, 7) is 3.63. The van der Waals surface area contributed by atoms with Crippen LogP contribution in [0, 0.1) is 17.0 Å². The van der Waals surface area contributed by atoms with Gasteiger partial charge in [0.1, 0.15) is 10.7 Å². The number of carboxylic acids is 1. The molecule has 1 atom stereocenters. The van der Waals surface area contributed by atoms with Gasteiger partial charge in [0.05, 0.1) is 16.5 Å². The molecule has 0 spiro atoms. The Morgan fingerprint density at radius 2 is 2.24 bits per heavy atom. The predicted molar refractivity (Wildman–Crippen MR) is 78.9 cm³/mol. The van der Waals surface area contributed by atoms with Crippen LogP contribution in [0.5, 0.6) is 0 Å². The number of aromatic nitrogens is 1. The molecule has 0 saturated heterocycles. The number of benzene rings is 1. The lowest BCUT2D eigenvalue weighted by atomic mass is 10.1. The molecule has 0 aliphatic rings. The summed E-state index contributed by atoms with van der Waals surface area (Å²) in [5.74, 6) is -1.22. The maximum absolute atomic E-state index is 11.2. The van der Waals surface area contributed by atoms with Crippen LogP contribution in [0.25, 0.3) is 0 Å². The first-order valence-corrected chi connectivity index (χ1v) is 6.97. The minimum atomic E-state index is -1.22. The van der Waals surface area contributed by atoms with Crippen LogP contribution in [0.1, 0.15) is 34.0 Å². The number of nitrogens with one attached hydrogen (secondary N) is 1. The number of nitro groups is 1. The van der Waals surface area contributed by atoms with Crippen molar-refractivity contribution in [3.8, 4) is 0 Å². The number of thiazole rings is 1. The van der Waals surface area contributed by atoms with Crippen molar-refractivity contribution in [1.29, 1.82) is 0 Å². The normalized spacial score (nSPS) is 11.9. The average molecular weight is 307 g/mol. The van der Waals surface area contributed by atoms with Gasteiger partial charge in [-0.3, -0.25) is 10.1 Å². The molecule has 0 aliphatic heterocycles. The maximum atomic E-state index is 11.2. The molecular weight excluding hydrogens is 294 g/mol. The molecule has 0 bridgehead atoms. The Bertz CT molecular complexity index is 666. The van der Waals surface area contributed by atoms with Crippen molar-refractivity contribution < 1.29 is 14.8 Å². The molecule has 7 nitrogen and oxygen atoms in total. The van der Waals surface area contributed by atoms with E-state index < -0.39 is 10.9 Å². The Morgan fingerprint density at radius 1 is 1.52 bits per heavy atom. The van der Waals surface area contributed by atoms with Gasteiger partial charge in [-0.15, -0.1) is 11.3 Å². The zero-order chi connectivity index (χ0) is 15.6. The summed E-state index contributed by atoms with van der Waals surface area (Å²) < 4.78 is 0. The highest BCUT2D eigenvalue weighted by Gasteiger charge is 2.23. The third-order valence-electron chi connectivity index (χ3n) is 2.84. The van der Waals surface area contributed by atoms with Gasteiger partial charge in [0, 0.05) is 17.1 Å². The van der Waals surface area contributed by atoms with Crippen molar-refractivity contribution in [2.45, 2.75) is 19.9 Å². The number of rotatable bonds is 5. The Kier molecular flexibility index (Phi) is 4.18. The van der Waals surface area contributed by atoms with Gasteiger partial charge in [-0.25, -0.2) is 9.78 Å². The summed E-state index contributed by atoms with van der Waals surface area (Å²) >= 11 is 1.41. The molecule has 2 aromatic rings. The Balaban J connectivity index is 2.42. The fraction of sp³-hybridized carbons (Fsp3) is 0.231. The van der Waals surface area contributed by atoms with Gasteiger partial charge in [-0.1, -0.05) is 6.07 Å². The van der Waals surface area contributed by atoms with Gasteiger partial charge in [-0.05, 0) is 19.9 Å². The molecule has 0 radical (unpaired) electrons. The van der Waals surface area contributed by atoms with E-state index in [9.17, 15) is 20.0 Å². The fourth-order valence-corrected chi connectivity index (χ4v) is 2.68. The van der Waals surface area contributed by atoms with Crippen LogP contribution in [0.3, 0.4) is 0 Å². The smallest absolute Gasteiger partial charge is 0.338 e. The summed E-state index contributed by atoms with van der Waals surface area (Å²) in [5, 5.41) is 25.8. The number of nitrogens with zero attached hydrogens (tertiary/aromatic N) is 2. The molecule has 8 heteroatoms. The van der Waals surface area contributed by atoms with Crippen LogP contribution in [-0.2, 0) is 0 Å². The summed E-state index contributed by atoms with van der Waals surface area (Å²) in [6.07, 6.45) is 0. The minimum absolute atomic E-state index is 0.00430. The number of nitro benzene ring substituents is 1. The van der Waals surface area contributed by atoms with Crippen LogP contribution >= 0.6 is 11.3 Å². The molecule has 110 valence electrons. The first-order chi connectivity index (χ1) is 9.90. The second-order valence-corrected chi connectivity index (χ2v) is 5.34. The lowest BCUT2D eigenvalue weighted by molar-refractivity contribution is -0.384. The second kappa shape index (κ2) is 5.88. The van der Waals surface area contributed by atoms with E-state index in [1.165, 1.54) is 29.5 Å². The minimum Gasteiger partial charge on any atom is -0.478 e. The molecular formula is C13H13N3O4S. The van der Waals surface area contributed by atoms with E-state index in [0.29, 0.717) is 0 Å². The zero-order valence-corrected chi connectivity index (χ0v) is 12.2. The van der Waals surface area contributed by atoms with Gasteiger partial charge >= 0.3 is 5.97 Å². The van der Waals surface area contributed by atoms with Crippen molar-refractivity contribution in [3.05, 3.63) is 50.0 Å². The predicted octanol–water partition coefficient (Wildman–Crippen LogP) is 3.23. The SMILES string of the molecule is Cc1csc(C(C)Nc2c(C(=O)O)cccc2[N+](=O)[O-])n1. The molecule has 0 saturated carbocycles. The van der Waals surface area contributed by atoms with Crippen LogP contribution < -0.4 is 5.32 Å². The molecule has 0 aliphatic carbocycles. The third-order valence-corrected chi connectivity index (χ3v) is 3.98. The molecule has 1 unspecified atom stereocenters. The summed E-state index contributed by atoms with van der Waals surface area (Å²) in [6, 6.07) is 3.62. The van der Waals surface area contributed by atoms with Crippen molar-refractivity contribution in [2.75, 3.05) is 5.32 Å². The van der Waals surface area contributed by atoms with Crippen molar-refractivity contribution in [2.24, 2.45) is 0 Å². The van der Waals surface area contributed by atoms with Crippen molar-refractivity contribution >= 4 is 28.7 Å². The maximum Gasteiger partial charge on any atom is 0.338 e. The number of aryl methyl sites for hydroxylation is 1. The van der Waals surface area contributed by atoms with Gasteiger partial charge in [0.15, 0.2) is 0 Å². The van der Waals surface area contributed by atoms with Gasteiger partial charge in [-0.2, -0.15) is 0 Å². The van der Waals surface area contributed by atoms with Crippen molar-refractivity contribution in [1.82, 2.24) is 4.98 Å². The second-order valence-electron chi connectivity index (χ2n) is 4.46. The largest absolute Gasteiger partial charge is 0.478 e. The Labute approximate surface area is 124 Å². The van der Waals surface area contributed by atoms with Gasteiger partial charge in [0.25, 0.3) is 5.69 Å². The summed E-state index contributed by atoms with van der Waals surface area (Å²) in [7, 11) is 0. The standard InChI is InChI=1S/C13H13N3O4S/c1-7-6-21-12(14-7)8(2)15-11-9(13(17)18)4-3-5-10(11)16(19)20/h3-6,8,15H,1-2H3,(H,17,18). The monoisotopic (exact) mass is 307 g/mol. The Hall–Kier alpha value is -2.48. The molecule has 0 fully saturated rings. The highest BCUT2D eigenvalue weighted by atomic mass is 32.1. The summed E-state index contributed by atoms with van der Waals surface area (Å²) in [4.78, 5) is 26.0. The lowest BCUT2D eigenvalue weighted by Gasteiger charge is -2.14. The highest BCUT2D eigenvalue weighted by Crippen LogP contribution is 2.32. The van der Waals surface area contributed by atoms with E-state index in [2.05, 4.69) is 10.3 Å². The van der Waals surface area contributed by atoms with Gasteiger partial charge < -0.3 is 10.4 Å². The number of para-hydroxylation sites is 1. The van der Waals surface area contributed by atoms with Crippen LogP contribution in [-0.4, -0.2) is 21.0 Å². The average Bonchev–Trinajstić information content (AvgIpc) is 2.85. The molecule has 1 aromatic heterocycles. The van der Waals surface area contributed by atoms with E-state index in [-0.39, 0.29) is 23.0 Å². The molecule has 21 heavy (non-hydrogen) atoms. The quantitative estimate of drug-likeness (QED) is 0.649. The first-order valence-electron chi connectivity index (χ1n) is 6.09. The highest BCUT2D eigenvalue weighted by molar-refractivity contribution is 7.09. The molecule has 2 rings (SSSR count). The molecule has 1 heterocycles. The molecule has 2 N–H and O–H groups in total. The van der Waals surface area contributed by atoms with E-state index in [1.807, 2.05) is 12.3 Å². The van der Waals surface area contributed by atoms with E-state index in [4.69, 9.17) is 0 Å². The van der Waals surface area contributed by atoms with E-state index in [1.54, 1.807) is 6.92 Å². The number of hydrogen-bond donors (Lipinski definition) is 2. The number of hydrogen-bond acceptors (Lipinski definition) is 6. The van der Waals surface area contributed by atoms with E-state index >= 15 is 0 Å². The zero-order valence-electron chi connectivity index (χ0n) is 11.4. The van der Waals surface area contributed by atoms with Crippen LogP contribution in [0.2, 0.25) is 0 Å². The Morgan fingerprint density at radius 3 is 2.76 bits per heavy atom. The first kappa shape index (κ1) is 14.9. The lowest BCUT2D eigenvalue weighted by Crippen LogP contribution is -2.12. The van der Waals surface area contributed by atoms with Crippen LogP contribution in [0.15, 0.2) is 23.6 Å². The number of carbonyl (C=O) groups is 1. The van der Waals surface area contributed by atoms with Gasteiger partial charge in [0.2, 0.25) is 0 Å². The van der Waals surface area contributed by atoms with Crippen LogP contribution in [0.4, 0.5) is 11.4 Å². The number of aromatic carboxylic acids is 1.